The van der Waals surface area contributed by atoms with Crippen LogP contribution in [0.1, 0.15) is 36.7 Å². The third kappa shape index (κ3) is 4.56. The summed E-state index contributed by atoms with van der Waals surface area (Å²) in [6, 6.07) is 14.2. The number of carbonyl (C=O) groups excluding carboxylic acids is 3. The average molecular weight is 396 g/mol. The fourth-order valence-corrected chi connectivity index (χ4v) is 3.06. The normalized spacial score (nSPS) is 14.6. The Morgan fingerprint density at radius 3 is 2.55 bits per heavy atom. The Bertz CT molecular complexity index is 924. The number of esters is 1. The molecular weight excluding hydrogens is 372 g/mol. The third-order valence-corrected chi connectivity index (χ3v) is 4.52. The molecule has 1 aliphatic heterocycles. The van der Waals surface area contributed by atoms with Crippen molar-refractivity contribution in [1.82, 2.24) is 5.32 Å². The molecule has 0 atom stereocenters. The standard InChI is InChI=1S/C22H24N2O5/c1-4-28-20(26)16-10-11-18-17(12-16)24(21(27)22(2,3)29-18)14-19(25)23-13-15-8-6-5-7-9-15/h5-12H,4,13-14H2,1-3H3,(H,23,25). The number of nitrogens with zero attached hydrogens (tertiary/aromatic N) is 1. The summed E-state index contributed by atoms with van der Waals surface area (Å²) in [6.07, 6.45) is 0. The number of hydrogen-bond donors (Lipinski definition) is 1. The Hall–Kier alpha value is -3.35. The molecule has 0 saturated heterocycles. The Morgan fingerprint density at radius 1 is 1.14 bits per heavy atom. The Balaban J connectivity index is 1.82. The van der Waals surface area contributed by atoms with Crippen molar-refractivity contribution < 1.29 is 23.9 Å². The van der Waals surface area contributed by atoms with Crippen molar-refractivity contribution in [2.24, 2.45) is 0 Å². The van der Waals surface area contributed by atoms with Crippen LogP contribution < -0.4 is 15.0 Å². The van der Waals surface area contributed by atoms with Crippen LogP contribution in [0.15, 0.2) is 48.5 Å². The van der Waals surface area contributed by atoms with Gasteiger partial charge in [-0.15, -0.1) is 0 Å². The summed E-state index contributed by atoms with van der Waals surface area (Å²) in [6.45, 7) is 5.42. The minimum absolute atomic E-state index is 0.183. The molecule has 0 saturated carbocycles. The molecule has 152 valence electrons. The number of nitrogens with one attached hydrogen (secondary N) is 1. The van der Waals surface area contributed by atoms with Crippen LogP contribution in [0.4, 0.5) is 5.69 Å². The lowest BCUT2D eigenvalue weighted by Gasteiger charge is -2.38. The summed E-state index contributed by atoms with van der Waals surface area (Å²) in [5.41, 5.74) is 0.489. The van der Waals surface area contributed by atoms with Crippen LogP contribution in [0.3, 0.4) is 0 Å². The molecular formula is C22H24N2O5. The summed E-state index contributed by atoms with van der Waals surface area (Å²) < 4.78 is 10.8. The van der Waals surface area contributed by atoms with Crippen molar-refractivity contribution in [3.63, 3.8) is 0 Å². The molecule has 0 aromatic heterocycles. The van der Waals surface area contributed by atoms with Gasteiger partial charge >= 0.3 is 5.97 Å². The minimum Gasteiger partial charge on any atom is -0.476 e. The van der Waals surface area contributed by atoms with E-state index in [1.54, 1.807) is 32.9 Å². The minimum atomic E-state index is -1.13. The van der Waals surface area contributed by atoms with Gasteiger partial charge in [0, 0.05) is 6.54 Å². The van der Waals surface area contributed by atoms with Crippen molar-refractivity contribution in [3.8, 4) is 5.75 Å². The van der Waals surface area contributed by atoms with Gasteiger partial charge in [-0.25, -0.2) is 4.79 Å². The monoisotopic (exact) mass is 396 g/mol. The van der Waals surface area contributed by atoms with E-state index in [4.69, 9.17) is 9.47 Å². The van der Waals surface area contributed by atoms with Crippen molar-refractivity contribution in [3.05, 3.63) is 59.7 Å². The van der Waals surface area contributed by atoms with Crippen molar-refractivity contribution in [1.29, 1.82) is 0 Å². The summed E-state index contributed by atoms with van der Waals surface area (Å²) in [5.74, 6) is -0.743. The zero-order chi connectivity index (χ0) is 21.0. The maximum absolute atomic E-state index is 12.9. The van der Waals surface area contributed by atoms with Gasteiger partial charge in [-0.2, -0.15) is 0 Å². The molecule has 0 bridgehead atoms. The molecule has 1 N–H and O–H groups in total. The Kier molecular flexibility index (Phi) is 5.87. The number of carbonyl (C=O) groups is 3. The van der Waals surface area contributed by atoms with Crippen LogP contribution in [0.2, 0.25) is 0 Å². The van der Waals surface area contributed by atoms with E-state index in [1.165, 1.54) is 11.0 Å². The number of amides is 2. The highest BCUT2D eigenvalue weighted by Crippen LogP contribution is 2.38. The quantitative estimate of drug-likeness (QED) is 0.759. The predicted molar refractivity (Wildman–Crippen MR) is 108 cm³/mol. The van der Waals surface area contributed by atoms with Gasteiger partial charge in [-0.05, 0) is 44.5 Å². The zero-order valence-electron chi connectivity index (χ0n) is 16.7. The lowest BCUT2D eigenvalue weighted by molar-refractivity contribution is -0.134. The van der Waals surface area contributed by atoms with E-state index >= 15 is 0 Å². The highest BCUT2D eigenvalue weighted by molar-refractivity contribution is 6.06. The van der Waals surface area contributed by atoms with E-state index in [9.17, 15) is 14.4 Å². The zero-order valence-corrected chi connectivity index (χ0v) is 16.7. The number of hydrogen-bond acceptors (Lipinski definition) is 5. The van der Waals surface area contributed by atoms with E-state index in [2.05, 4.69) is 5.32 Å². The molecule has 29 heavy (non-hydrogen) atoms. The fraction of sp³-hybridized carbons (Fsp3) is 0.318. The summed E-state index contributed by atoms with van der Waals surface area (Å²) in [5, 5.41) is 2.82. The van der Waals surface area contributed by atoms with Crippen molar-refractivity contribution >= 4 is 23.5 Å². The second-order valence-corrected chi connectivity index (χ2v) is 7.17. The van der Waals surface area contributed by atoms with Gasteiger partial charge in [0.2, 0.25) is 5.91 Å². The van der Waals surface area contributed by atoms with Crippen LogP contribution in [-0.2, 0) is 20.9 Å². The molecule has 3 rings (SSSR count). The molecule has 0 fully saturated rings. The topological polar surface area (TPSA) is 84.9 Å². The molecule has 7 nitrogen and oxygen atoms in total. The number of ether oxygens (including phenoxy) is 2. The van der Waals surface area contributed by atoms with Gasteiger partial charge in [0.15, 0.2) is 5.60 Å². The molecule has 2 aromatic carbocycles. The predicted octanol–water partition coefficient (Wildman–Crippen LogP) is 2.68. The van der Waals surface area contributed by atoms with E-state index in [0.29, 0.717) is 18.0 Å². The van der Waals surface area contributed by atoms with Gasteiger partial charge < -0.3 is 14.8 Å². The molecule has 7 heteroatoms. The summed E-state index contributed by atoms with van der Waals surface area (Å²) in [7, 11) is 0. The Labute approximate surface area is 169 Å². The highest BCUT2D eigenvalue weighted by Gasteiger charge is 2.41. The molecule has 2 aromatic rings. The van der Waals surface area contributed by atoms with Crippen molar-refractivity contribution in [2.75, 3.05) is 18.1 Å². The SMILES string of the molecule is CCOC(=O)c1ccc2c(c1)N(CC(=O)NCc1ccccc1)C(=O)C(C)(C)O2. The van der Waals surface area contributed by atoms with Crippen LogP contribution in [0.5, 0.6) is 5.75 Å². The molecule has 0 unspecified atom stereocenters. The van der Waals surface area contributed by atoms with Gasteiger partial charge in [-0.3, -0.25) is 14.5 Å². The first-order valence-corrected chi connectivity index (χ1v) is 9.44. The number of anilines is 1. The van der Waals surface area contributed by atoms with Gasteiger partial charge in [0.05, 0.1) is 17.9 Å². The lowest BCUT2D eigenvalue weighted by Crippen LogP contribution is -2.55. The molecule has 0 radical (unpaired) electrons. The molecule has 0 aliphatic carbocycles. The van der Waals surface area contributed by atoms with Crippen LogP contribution in [-0.4, -0.2) is 36.5 Å². The van der Waals surface area contributed by atoms with Gasteiger partial charge in [0.1, 0.15) is 12.3 Å². The van der Waals surface area contributed by atoms with Crippen LogP contribution in [0.25, 0.3) is 0 Å². The van der Waals surface area contributed by atoms with E-state index in [-0.39, 0.29) is 30.5 Å². The van der Waals surface area contributed by atoms with Crippen LogP contribution in [0, 0.1) is 0 Å². The summed E-state index contributed by atoms with van der Waals surface area (Å²) in [4.78, 5) is 38.9. The smallest absolute Gasteiger partial charge is 0.338 e. The van der Waals surface area contributed by atoms with Gasteiger partial charge in [-0.1, -0.05) is 30.3 Å². The fourth-order valence-electron chi connectivity index (χ4n) is 3.06. The largest absolute Gasteiger partial charge is 0.476 e. The second-order valence-electron chi connectivity index (χ2n) is 7.17. The van der Waals surface area contributed by atoms with E-state index < -0.39 is 11.6 Å². The highest BCUT2D eigenvalue weighted by atomic mass is 16.5. The summed E-state index contributed by atoms with van der Waals surface area (Å²) >= 11 is 0. The molecule has 0 spiro atoms. The van der Waals surface area contributed by atoms with Gasteiger partial charge in [0.25, 0.3) is 5.91 Å². The first-order valence-electron chi connectivity index (χ1n) is 9.44. The molecule has 1 aliphatic rings. The maximum Gasteiger partial charge on any atom is 0.338 e. The average Bonchev–Trinajstić information content (AvgIpc) is 2.70. The second kappa shape index (κ2) is 8.34. The van der Waals surface area contributed by atoms with E-state index in [0.717, 1.165) is 5.56 Å². The Morgan fingerprint density at radius 2 is 1.86 bits per heavy atom. The number of fused-ring (bicyclic) bond motifs is 1. The lowest BCUT2D eigenvalue weighted by atomic mass is 10.0. The maximum atomic E-state index is 12.9. The number of rotatable bonds is 6. The first-order chi connectivity index (χ1) is 13.8. The van der Waals surface area contributed by atoms with Crippen LogP contribution >= 0.6 is 0 Å². The number of benzene rings is 2. The first kappa shape index (κ1) is 20.4. The third-order valence-electron chi connectivity index (χ3n) is 4.52. The van der Waals surface area contributed by atoms with E-state index in [1.807, 2.05) is 30.3 Å². The molecule has 1 heterocycles. The van der Waals surface area contributed by atoms with Crippen molar-refractivity contribution in [2.45, 2.75) is 32.9 Å². The molecule has 2 amide bonds.